The van der Waals surface area contributed by atoms with E-state index in [2.05, 4.69) is 5.32 Å². The molecule has 20 heavy (non-hydrogen) atoms. The van der Waals surface area contributed by atoms with Crippen LogP contribution < -0.4 is 5.32 Å². The van der Waals surface area contributed by atoms with E-state index in [1.807, 2.05) is 6.07 Å². The van der Waals surface area contributed by atoms with Crippen LogP contribution in [0.2, 0.25) is 0 Å². The van der Waals surface area contributed by atoms with Crippen molar-refractivity contribution in [1.82, 2.24) is 10.2 Å². The fraction of sp³-hybridized carbons (Fsp3) is 0.154. The number of hydrogen-bond donors (Lipinski definition) is 2. The zero-order valence-corrected chi connectivity index (χ0v) is 10.4. The van der Waals surface area contributed by atoms with Crippen molar-refractivity contribution in [2.75, 3.05) is 0 Å². The zero-order chi connectivity index (χ0) is 14.9. The van der Waals surface area contributed by atoms with Crippen LogP contribution in [0.1, 0.15) is 18.5 Å². The number of hydrogen-bond acceptors (Lipinski definition) is 3. The van der Waals surface area contributed by atoms with Gasteiger partial charge < -0.3 is 10.4 Å². The molecule has 0 radical (unpaired) electrons. The van der Waals surface area contributed by atoms with Crippen LogP contribution in [0.4, 0.5) is 14.0 Å². The third-order valence-corrected chi connectivity index (χ3v) is 2.96. The Labute approximate surface area is 113 Å². The fourth-order valence-electron chi connectivity index (χ4n) is 2.04. The highest BCUT2D eigenvalue weighted by Crippen LogP contribution is 2.33. The number of carbonyl (C=O) groups excluding carboxylic acids is 1. The molecule has 0 saturated heterocycles. The number of carboxylic acid groups (broad SMARTS) is 1. The lowest BCUT2D eigenvalue weighted by molar-refractivity contribution is 0.136. The Morgan fingerprint density at radius 2 is 2.05 bits per heavy atom. The van der Waals surface area contributed by atoms with Crippen LogP contribution in [0.25, 0.3) is 0 Å². The van der Waals surface area contributed by atoms with Gasteiger partial charge in [0.25, 0.3) is 0 Å². The second-order valence-electron chi connectivity index (χ2n) is 4.19. The van der Waals surface area contributed by atoms with Gasteiger partial charge >= 0.3 is 12.1 Å². The van der Waals surface area contributed by atoms with E-state index in [0.29, 0.717) is 10.5 Å². The van der Waals surface area contributed by atoms with Gasteiger partial charge in [-0.15, -0.1) is 0 Å². The molecular formula is C13H10FN3O3. The summed E-state index contributed by atoms with van der Waals surface area (Å²) in [6, 6.07) is 4.95. The molecule has 1 unspecified atom stereocenters. The van der Waals surface area contributed by atoms with E-state index in [1.165, 1.54) is 19.1 Å². The predicted octanol–water partition coefficient (Wildman–Crippen LogP) is 2.37. The number of allylic oxidation sites excluding steroid dienone is 1. The number of benzene rings is 1. The van der Waals surface area contributed by atoms with Gasteiger partial charge in [0.1, 0.15) is 11.9 Å². The molecule has 1 aliphatic heterocycles. The molecule has 0 aromatic heterocycles. The molecule has 1 aromatic rings. The van der Waals surface area contributed by atoms with E-state index in [4.69, 9.17) is 5.11 Å². The Balaban J connectivity index is 2.60. The van der Waals surface area contributed by atoms with Gasteiger partial charge in [0, 0.05) is 5.70 Å². The van der Waals surface area contributed by atoms with Crippen molar-refractivity contribution < 1.29 is 19.1 Å². The Kier molecular flexibility index (Phi) is 3.39. The summed E-state index contributed by atoms with van der Waals surface area (Å²) < 4.78 is 13.0. The fourth-order valence-corrected chi connectivity index (χ4v) is 2.04. The van der Waals surface area contributed by atoms with Crippen LogP contribution in [-0.2, 0) is 0 Å². The zero-order valence-electron chi connectivity index (χ0n) is 10.4. The number of urea groups is 1. The molecule has 0 spiro atoms. The van der Waals surface area contributed by atoms with Crippen LogP contribution >= 0.6 is 0 Å². The van der Waals surface area contributed by atoms with Gasteiger partial charge in [-0.3, -0.25) is 0 Å². The molecule has 7 heteroatoms. The van der Waals surface area contributed by atoms with Crippen molar-refractivity contribution in [2.45, 2.75) is 13.0 Å². The highest BCUT2D eigenvalue weighted by atomic mass is 19.1. The second kappa shape index (κ2) is 5.01. The molecule has 102 valence electrons. The van der Waals surface area contributed by atoms with Crippen molar-refractivity contribution in [3.8, 4) is 6.07 Å². The number of rotatable bonds is 1. The summed E-state index contributed by atoms with van der Waals surface area (Å²) >= 11 is 0. The molecule has 1 atom stereocenters. The maximum absolute atomic E-state index is 13.0. The van der Waals surface area contributed by atoms with Crippen LogP contribution in [-0.4, -0.2) is 22.1 Å². The molecule has 1 heterocycles. The highest BCUT2D eigenvalue weighted by molar-refractivity contribution is 5.93. The van der Waals surface area contributed by atoms with E-state index in [1.54, 1.807) is 0 Å². The largest absolute Gasteiger partial charge is 0.465 e. The molecule has 0 saturated carbocycles. The average molecular weight is 275 g/mol. The first kappa shape index (κ1) is 13.5. The molecule has 0 aliphatic carbocycles. The summed E-state index contributed by atoms with van der Waals surface area (Å²) in [5.74, 6) is -0.491. The summed E-state index contributed by atoms with van der Waals surface area (Å²) in [6.07, 6.45) is -1.49. The van der Waals surface area contributed by atoms with Crippen LogP contribution in [0.5, 0.6) is 0 Å². The minimum Gasteiger partial charge on any atom is -0.465 e. The molecule has 0 fully saturated rings. The van der Waals surface area contributed by atoms with Crippen molar-refractivity contribution in [1.29, 1.82) is 5.26 Å². The molecular weight excluding hydrogens is 265 g/mol. The number of imide groups is 1. The second-order valence-corrected chi connectivity index (χ2v) is 4.19. The number of nitrogens with one attached hydrogen (secondary N) is 1. The Bertz CT molecular complexity index is 646. The van der Waals surface area contributed by atoms with Gasteiger partial charge in [-0.2, -0.15) is 5.26 Å². The highest BCUT2D eigenvalue weighted by Gasteiger charge is 2.38. The van der Waals surface area contributed by atoms with Crippen molar-refractivity contribution >= 4 is 12.1 Å². The first-order valence-corrected chi connectivity index (χ1v) is 5.65. The molecule has 2 N–H and O–H groups in total. The molecule has 6 nitrogen and oxygen atoms in total. The van der Waals surface area contributed by atoms with Gasteiger partial charge in [-0.05, 0) is 24.6 Å². The summed E-state index contributed by atoms with van der Waals surface area (Å²) in [5, 5.41) is 20.6. The lowest BCUT2D eigenvalue weighted by Crippen LogP contribution is -2.49. The maximum atomic E-state index is 13.0. The summed E-state index contributed by atoms with van der Waals surface area (Å²) in [6.45, 7) is 1.51. The number of halogens is 1. The number of amides is 3. The van der Waals surface area contributed by atoms with E-state index >= 15 is 0 Å². The quantitative estimate of drug-likeness (QED) is 0.822. The van der Waals surface area contributed by atoms with Crippen molar-refractivity contribution in [3.63, 3.8) is 0 Å². The first-order chi connectivity index (χ1) is 9.45. The van der Waals surface area contributed by atoms with E-state index in [9.17, 15) is 19.2 Å². The maximum Gasteiger partial charge on any atom is 0.416 e. The Hall–Kier alpha value is -2.88. The van der Waals surface area contributed by atoms with E-state index in [-0.39, 0.29) is 11.3 Å². The van der Waals surface area contributed by atoms with Gasteiger partial charge in [0.15, 0.2) is 0 Å². The standard InChI is InChI=1S/C13H10FN3O3/c1-7-10(6-15)11(8-2-4-9(14)5-3-8)17(13(19)20)12(18)16-7/h2-5,11H,1H3,(H,16,18)(H,19,20). The van der Waals surface area contributed by atoms with Gasteiger partial charge in [-0.1, -0.05) is 12.1 Å². The molecule has 0 bridgehead atoms. The Morgan fingerprint density at radius 1 is 1.45 bits per heavy atom. The molecule has 3 amide bonds. The lowest BCUT2D eigenvalue weighted by atomic mass is 9.95. The first-order valence-electron chi connectivity index (χ1n) is 5.65. The SMILES string of the molecule is CC1=C(C#N)C(c2ccc(F)cc2)N(C(=O)O)C(=O)N1. The topological polar surface area (TPSA) is 93.4 Å². The monoisotopic (exact) mass is 275 g/mol. The van der Waals surface area contributed by atoms with Gasteiger partial charge in [-0.25, -0.2) is 18.9 Å². The predicted molar refractivity (Wildman–Crippen MR) is 65.8 cm³/mol. The number of nitrogens with zero attached hydrogens (tertiary/aromatic N) is 2. The minimum atomic E-state index is -1.49. The van der Waals surface area contributed by atoms with Crippen molar-refractivity contribution in [3.05, 3.63) is 46.9 Å². The summed E-state index contributed by atoms with van der Waals surface area (Å²) in [4.78, 5) is 23.5. The lowest BCUT2D eigenvalue weighted by Gasteiger charge is -2.32. The smallest absolute Gasteiger partial charge is 0.416 e. The minimum absolute atomic E-state index is 0.0959. The molecule has 1 aliphatic rings. The third kappa shape index (κ3) is 2.19. The average Bonchev–Trinajstić information content (AvgIpc) is 2.38. The summed E-state index contributed by atoms with van der Waals surface area (Å²) in [7, 11) is 0. The number of carbonyl (C=O) groups is 2. The Morgan fingerprint density at radius 3 is 2.55 bits per heavy atom. The van der Waals surface area contributed by atoms with Crippen LogP contribution in [0.15, 0.2) is 35.5 Å². The van der Waals surface area contributed by atoms with Crippen molar-refractivity contribution in [2.24, 2.45) is 0 Å². The van der Waals surface area contributed by atoms with Crippen LogP contribution in [0, 0.1) is 17.1 Å². The normalized spacial score (nSPS) is 18.6. The van der Waals surface area contributed by atoms with Crippen LogP contribution in [0.3, 0.4) is 0 Å². The van der Waals surface area contributed by atoms with Gasteiger partial charge in [0.2, 0.25) is 0 Å². The van der Waals surface area contributed by atoms with E-state index in [0.717, 1.165) is 12.1 Å². The third-order valence-electron chi connectivity index (χ3n) is 2.96. The van der Waals surface area contributed by atoms with Gasteiger partial charge in [0.05, 0.1) is 11.6 Å². The molecule has 2 rings (SSSR count). The number of nitriles is 1. The summed E-state index contributed by atoms with van der Waals surface area (Å²) in [5.41, 5.74) is 0.725. The van der Waals surface area contributed by atoms with E-state index < -0.39 is 24.0 Å². The molecule has 1 aromatic carbocycles.